The van der Waals surface area contributed by atoms with Crippen LogP contribution >= 0.6 is 0 Å². The minimum Gasteiger partial charge on any atom is -0.481 e. The number of hydrogen-bond donors (Lipinski definition) is 1. The fourth-order valence-electron chi connectivity index (χ4n) is 2.39. The fourth-order valence-corrected chi connectivity index (χ4v) is 2.39. The predicted molar refractivity (Wildman–Crippen MR) is 76.5 cm³/mol. The van der Waals surface area contributed by atoms with E-state index in [-0.39, 0.29) is 12.0 Å². The molecule has 2 aromatic heterocycles. The Bertz CT molecular complexity index is 812. The molecule has 0 atom stereocenters. The molecule has 0 amide bonds. The molecule has 21 heavy (non-hydrogen) atoms. The van der Waals surface area contributed by atoms with Gasteiger partial charge in [0.05, 0.1) is 0 Å². The number of fused-ring (bicyclic) bond motifs is 1. The van der Waals surface area contributed by atoms with E-state index in [1.54, 1.807) is 25.6 Å². The van der Waals surface area contributed by atoms with Gasteiger partial charge in [0.25, 0.3) is 5.56 Å². The van der Waals surface area contributed by atoms with E-state index in [0.717, 1.165) is 4.57 Å². The normalized spacial score (nSPS) is 11.2. The third-order valence-electron chi connectivity index (χ3n) is 3.56. The lowest BCUT2D eigenvalue weighted by atomic mass is 10.2. The summed E-state index contributed by atoms with van der Waals surface area (Å²) in [5, 5.41) is 8.67. The number of aliphatic carboxylic acids is 1. The summed E-state index contributed by atoms with van der Waals surface area (Å²) < 4.78 is 4.15. The first kappa shape index (κ1) is 15.0. The molecule has 2 heterocycles. The zero-order valence-electron chi connectivity index (χ0n) is 12.3. The summed E-state index contributed by atoms with van der Waals surface area (Å²) in [5.41, 5.74) is -0.0629. The van der Waals surface area contributed by atoms with Crippen LogP contribution in [0.1, 0.15) is 25.6 Å². The van der Waals surface area contributed by atoms with Crippen molar-refractivity contribution in [3.63, 3.8) is 0 Å². The number of hydrogen-bond acceptors (Lipinski definition) is 4. The van der Waals surface area contributed by atoms with Crippen molar-refractivity contribution < 1.29 is 9.90 Å². The molecule has 2 aromatic rings. The van der Waals surface area contributed by atoms with Gasteiger partial charge in [-0.2, -0.15) is 0 Å². The van der Waals surface area contributed by atoms with Crippen LogP contribution in [0.5, 0.6) is 0 Å². The van der Waals surface area contributed by atoms with E-state index in [1.807, 2.05) is 0 Å². The van der Waals surface area contributed by atoms with Crippen LogP contribution in [0.4, 0.5) is 0 Å². The lowest BCUT2D eigenvalue weighted by Crippen LogP contribution is -2.39. The van der Waals surface area contributed by atoms with Gasteiger partial charge in [-0.25, -0.2) is 9.78 Å². The number of nitrogens with zero attached hydrogens (tertiary/aromatic N) is 4. The van der Waals surface area contributed by atoms with E-state index in [0.29, 0.717) is 36.4 Å². The summed E-state index contributed by atoms with van der Waals surface area (Å²) in [4.78, 5) is 39.3. The molecule has 0 aliphatic rings. The van der Waals surface area contributed by atoms with Crippen LogP contribution in [-0.2, 0) is 31.9 Å². The van der Waals surface area contributed by atoms with Crippen LogP contribution < -0.4 is 11.2 Å². The van der Waals surface area contributed by atoms with Gasteiger partial charge >= 0.3 is 11.7 Å². The average Bonchev–Trinajstić information content (AvgIpc) is 2.74. The third kappa shape index (κ3) is 2.48. The molecule has 0 unspecified atom stereocenters. The highest BCUT2D eigenvalue weighted by atomic mass is 16.4. The summed E-state index contributed by atoms with van der Waals surface area (Å²) >= 11 is 0. The van der Waals surface area contributed by atoms with Crippen LogP contribution in [0.2, 0.25) is 0 Å². The van der Waals surface area contributed by atoms with Gasteiger partial charge in [0.15, 0.2) is 11.2 Å². The van der Waals surface area contributed by atoms with Gasteiger partial charge in [0.2, 0.25) is 0 Å². The third-order valence-corrected chi connectivity index (χ3v) is 3.56. The van der Waals surface area contributed by atoms with E-state index >= 15 is 0 Å². The Morgan fingerprint density at radius 3 is 2.48 bits per heavy atom. The minimum atomic E-state index is -0.866. The minimum absolute atomic E-state index is 0.0430. The van der Waals surface area contributed by atoms with Crippen molar-refractivity contribution in [1.29, 1.82) is 0 Å². The molecule has 0 fully saturated rings. The molecule has 8 heteroatoms. The Balaban J connectivity index is 2.58. The second-order valence-corrected chi connectivity index (χ2v) is 4.90. The quantitative estimate of drug-likeness (QED) is 0.827. The van der Waals surface area contributed by atoms with Crippen molar-refractivity contribution in [3.8, 4) is 0 Å². The van der Waals surface area contributed by atoms with Crippen molar-refractivity contribution >= 4 is 17.1 Å². The number of aromatic nitrogens is 4. The molecule has 0 saturated heterocycles. The van der Waals surface area contributed by atoms with E-state index in [2.05, 4.69) is 4.98 Å². The topological polar surface area (TPSA) is 99.1 Å². The van der Waals surface area contributed by atoms with Gasteiger partial charge in [-0.1, -0.05) is 0 Å². The Hall–Kier alpha value is -2.38. The second kappa shape index (κ2) is 5.55. The molecule has 1 N–H and O–H groups in total. The molecule has 114 valence electrons. The Morgan fingerprint density at radius 1 is 1.24 bits per heavy atom. The average molecular weight is 294 g/mol. The molecule has 8 nitrogen and oxygen atoms in total. The van der Waals surface area contributed by atoms with Crippen molar-refractivity contribution in [1.82, 2.24) is 18.7 Å². The maximum atomic E-state index is 12.3. The smallest absolute Gasteiger partial charge is 0.332 e. The zero-order valence-corrected chi connectivity index (χ0v) is 12.3. The molecule has 0 bridgehead atoms. The van der Waals surface area contributed by atoms with Crippen LogP contribution in [0.3, 0.4) is 0 Å². The van der Waals surface area contributed by atoms with Gasteiger partial charge in [-0.3, -0.25) is 18.7 Å². The van der Waals surface area contributed by atoms with Gasteiger partial charge in [-0.15, -0.1) is 0 Å². The first-order valence-corrected chi connectivity index (χ1v) is 6.75. The number of carboxylic acid groups (broad SMARTS) is 1. The Labute approximate surface area is 120 Å². The van der Waals surface area contributed by atoms with Gasteiger partial charge in [0, 0.05) is 33.5 Å². The van der Waals surface area contributed by atoms with Gasteiger partial charge in [0.1, 0.15) is 5.82 Å². The number of rotatable bonds is 5. The molecule has 0 radical (unpaired) electrons. The van der Waals surface area contributed by atoms with E-state index in [1.165, 1.54) is 4.57 Å². The lowest BCUT2D eigenvalue weighted by Gasteiger charge is -2.05. The van der Waals surface area contributed by atoms with E-state index in [9.17, 15) is 14.4 Å². The molecule has 0 aliphatic heterocycles. The maximum absolute atomic E-state index is 12.3. The second-order valence-electron chi connectivity index (χ2n) is 4.90. The largest absolute Gasteiger partial charge is 0.481 e. The molecule has 0 aliphatic carbocycles. The van der Waals surface area contributed by atoms with Crippen molar-refractivity contribution in [2.75, 3.05) is 0 Å². The fraction of sp³-hybridized carbons (Fsp3) is 0.538. The van der Waals surface area contributed by atoms with Gasteiger partial charge < -0.3 is 9.67 Å². The summed E-state index contributed by atoms with van der Waals surface area (Å²) in [6, 6.07) is 0. The van der Waals surface area contributed by atoms with Crippen molar-refractivity contribution in [2.45, 2.75) is 32.7 Å². The summed E-state index contributed by atoms with van der Waals surface area (Å²) in [6.45, 7) is 2.03. The summed E-state index contributed by atoms with van der Waals surface area (Å²) in [7, 11) is 3.28. The Kier molecular flexibility index (Phi) is 3.97. The first-order valence-electron chi connectivity index (χ1n) is 6.75. The highest BCUT2D eigenvalue weighted by molar-refractivity contribution is 5.71. The predicted octanol–water partition coefficient (Wildman–Crippen LogP) is -0.139. The molecule has 0 saturated carbocycles. The van der Waals surface area contributed by atoms with E-state index < -0.39 is 11.7 Å². The zero-order chi connectivity index (χ0) is 15.7. The van der Waals surface area contributed by atoms with Crippen molar-refractivity contribution in [2.24, 2.45) is 14.1 Å². The first-order chi connectivity index (χ1) is 9.88. The van der Waals surface area contributed by atoms with Crippen LogP contribution in [0.15, 0.2) is 9.59 Å². The molecular weight excluding hydrogens is 276 g/mol. The molecular formula is C13H18N4O4. The number of aryl methyl sites for hydroxylation is 3. The maximum Gasteiger partial charge on any atom is 0.332 e. The number of imidazole rings is 1. The van der Waals surface area contributed by atoms with Crippen molar-refractivity contribution in [3.05, 3.63) is 26.7 Å². The standard InChI is InChI=1S/C13H18N4O4/c1-4-17-12(20)10-11(16(3)13(17)21)14-8(15(10)2)6-5-7-9(18)19/h4-7H2,1-3H3,(H,18,19). The highest BCUT2D eigenvalue weighted by Crippen LogP contribution is 2.11. The van der Waals surface area contributed by atoms with E-state index in [4.69, 9.17) is 5.11 Å². The Morgan fingerprint density at radius 2 is 1.90 bits per heavy atom. The van der Waals surface area contributed by atoms with Crippen LogP contribution in [-0.4, -0.2) is 29.8 Å². The summed E-state index contributed by atoms with van der Waals surface area (Å²) in [5.74, 6) is -0.262. The molecule has 2 rings (SSSR count). The molecule has 0 spiro atoms. The van der Waals surface area contributed by atoms with Gasteiger partial charge in [-0.05, 0) is 13.3 Å². The summed E-state index contributed by atoms with van der Waals surface area (Å²) in [6.07, 6.45) is 0.918. The SMILES string of the molecule is CCn1c(=O)c2c(nc(CCCC(=O)O)n2C)n(C)c1=O. The van der Waals surface area contributed by atoms with Crippen LogP contribution in [0, 0.1) is 0 Å². The van der Waals surface area contributed by atoms with Crippen LogP contribution in [0.25, 0.3) is 11.2 Å². The number of carboxylic acids is 1. The molecule has 0 aromatic carbocycles. The number of carbonyl (C=O) groups is 1. The lowest BCUT2D eigenvalue weighted by molar-refractivity contribution is -0.137. The highest BCUT2D eigenvalue weighted by Gasteiger charge is 2.17. The monoisotopic (exact) mass is 294 g/mol.